The predicted octanol–water partition coefficient (Wildman–Crippen LogP) is 2.71. The van der Waals surface area contributed by atoms with Crippen LogP contribution in [-0.4, -0.2) is 61.8 Å². The molecule has 0 atom stereocenters. The standard InChI is InChI=1S/C11H22N2O.2C2H6/c1-10(2)13-8-11(9-13)7-12-3-5-14-6-4-12;2*1-2/h10-11H,3-9H2,1-2H3;2*1-2H3. The second-order valence-corrected chi connectivity index (χ2v) is 4.83. The summed E-state index contributed by atoms with van der Waals surface area (Å²) in [5.74, 6) is 0.912. The fourth-order valence-electron chi connectivity index (χ4n) is 2.30. The topological polar surface area (TPSA) is 15.7 Å². The molecule has 0 aromatic carbocycles. The van der Waals surface area contributed by atoms with E-state index in [-0.39, 0.29) is 0 Å². The molecule has 0 aromatic heterocycles. The molecule has 2 fully saturated rings. The van der Waals surface area contributed by atoms with Crippen molar-refractivity contribution < 1.29 is 4.74 Å². The zero-order valence-corrected chi connectivity index (χ0v) is 13.4. The number of likely N-dealkylation sites (tertiary alicyclic amines) is 1. The number of hydrogen-bond acceptors (Lipinski definition) is 3. The maximum absolute atomic E-state index is 5.34. The van der Waals surface area contributed by atoms with E-state index in [0.717, 1.165) is 38.3 Å². The van der Waals surface area contributed by atoms with Crippen LogP contribution in [0.4, 0.5) is 0 Å². The first-order valence-corrected chi connectivity index (χ1v) is 7.80. The first-order chi connectivity index (χ1) is 8.75. The van der Waals surface area contributed by atoms with Crippen LogP contribution in [0.15, 0.2) is 0 Å². The molecule has 0 saturated carbocycles. The number of hydrogen-bond donors (Lipinski definition) is 0. The van der Waals surface area contributed by atoms with E-state index in [1.165, 1.54) is 19.6 Å². The van der Waals surface area contributed by atoms with Crippen molar-refractivity contribution in [1.82, 2.24) is 9.80 Å². The minimum Gasteiger partial charge on any atom is -0.379 e. The highest BCUT2D eigenvalue weighted by molar-refractivity contribution is 4.84. The largest absolute Gasteiger partial charge is 0.379 e. The Morgan fingerprint density at radius 1 is 1.00 bits per heavy atom. The Bertz CT molecular complexity index is 173. The Morgan fingerprint density at radius 2 is 1.50 bits per heavy atom. The van der Waals surface area contributed by atoms with Crippen molar-refractivity contribution in [2.45, 2.75) is 47.6 Å². The lowest BCUT2D eigenvalue weighted by Gasteiger charge is -2.44. The Kier molecular flexibility index (Phi) is 10.7. The van der Waals surface area contributed by atoms with Crippen LogP contribution < -0.4 is 0 Å². The van der Waals surface area contributed by atoms with Gasteiger partial charge in [-0.3, -0.25) is 4.90 Å². The first kappa shape index (κ1) is 17.9. The van der Waals surface area contributed by atoms with Gasteiger partial charge in [0.05, 0.1) is 13.2 Å². The van der Waals surface area contributed by atoms with Gasteiger partial charge in [0.15, 0.2) is 0 Å². The lowest BCUT2D eigenvalue weighted by atomic mass is 9.97. The summed E-state index contributed by atoms with van der Waals surface area (Å²) in [5.41, 5.74) is 0. The molecular formula is C15H34N2O. The molecule has 0 radical (unpaired) electrons. The molecule has 3 heteroatoms. The molecule has 110 valence electrons. The number of morpholine rings is 1. The summed E-state index contributed by atoms with van der Waals surface area (Å²) in [7, 11) is 0. The second-order valence-electron chi connectivity index (χ2n) is 4.83. The van der Waals surface area contributed by atoms with Crippen LogP contribution in [0, 0.1) is 5.92 Å². The molecule has 0 bridgehead atoms. The van der Waals surface area contributed by atoms with E-state index in [4.69, 9.17) is 4.74 Å². The summed E-state index contributed by atoms with van der Waals surface area (Å²) < 4.78 is 5.34. The average Bonchev–Trinajstić information content (AvgIpc) is 2.39. The average molecular weight is 258 g/mol. The second kappa shape index (κ2) is 10.8. The highest BCUT2D eigenvalue weighted by Crippen LogP contribution is 2.19. The highest BCUT2D eigenvalue weighted by atomic mass is 16.5. The summed E-state index contributed by atoms with van der Waals surface area (Å²) in [6.45, 7) is 20.6. The molecule has 0 spiro atoms. The van der Waals surface area contributed by atoms with Crippen molar-refractivity contribution in [3.05, 3.63) is 0 Å². The van der Waals surface area contributed by atoms with Crippen molar-refractivity contribution >= 4 is 0 Å². The Labute approximate surface area is 114 Å². The molecular weight excluding hydrogens is 224 g/mol. The van der Waals surface area contributed by atoms with Gasteiger partial charge in [-0.2, -0.15) is 0 Å². The zero-order valence-electron chi connectivity index (χ0n) is 13.4. The van der Waals surface area contributed by atoms with Gasteiger partial charge in [-0.15, -0.1) is 0 Å². The summed E-state index contributed by atoms with van der Waals surface area (Å²) in [4.78, 5) is 5.09. The van der Waals surface area contributed by atoms with Crippen LogP contribution in [0.3, 0.4) is 0 Å². The molecule has 0 aliphatic carbocycles. The lowest BCUT2D eigenvalue weighted by Crippen LogP contribution is -2.55. The normalized spacial score (nSPS) is 21.5. The quantitative estimate of drug-likeness (QED) is 0.774. The van der Waals surface area contributed by atoms with E-state index in [9.17, 15) is 0 Å². The molecule has 18 heavy (non-hydrogen) atoms. The van der Waals surface area contributed by atoms with Crippen LogP contribution in [0.1, 0.15) is 41.5 Å². The molecule has 2 aliphatic heterocycles. The van der Waals surface area contributed by atoms with Gasteiger partial charge in [0.2, 0.25) is 0 Å². The molecule has 0 unspecified atom stereocenters. The van der Waals surface area contributed by atoms with Crippen molar-refractivity contribution in [1.29, 1.82) is 0 Å². The van der Waals surface area contributed by atoms with Crippen molar-refractivity contribution in [2.24, 2.45) is 5.92 Å². The molecule has 2 saturated heterocycles. The van der Waals surface area contributed by atoms with Gasteiger partial charge in [-0.25, -0.2) is 0 Å². The third-order valence-electron chi connectivity index (χ3n) is 3.34. The predicted molar refractivity (Wildman–Crippen MR) is 80.2 cm³/mol. The zero-order chi connectivity index (χ0) is 14.0. The smallest absolute Gasteiger partial charge is 0.0594 e. The molecule has 3 nitrogen and oxygen atoms in total. The lowest BCUT2D eigenvalue weighted by molar-refractivity contribution is -0.00206. The Hall–Kier alpha value is -0.120. The first-order valence-electron chi connectivity index (χ1n) is 7.80. The maximum Gasteiger partial charge on any atom is 0.0594 e. The van der Waals surface area contributed by atoms with Crippen LogP contribution in [0.25, 0.3) is 0 Å². The third kappa shape index (κ3) is 6.17. The number of rotatable bonds is 3. The van der Waals surface area contributed by atoms with E-state index < -0.39 is 0 Å². The SMILES string of the molecule is CC.CC.CC(C)N1CC(CN2CCOCC2)C1. The monoisotopic (exact) mass is 258 g/mol. The summed E-state index contributed by atoms with van der Waals surface area (Å²) in [5, 5.41) is 0. The van der Waals surface area contributed by atoms with E-state index in [0.29, 0.717) is 0 Å². The van der Waals surface area contributed by atoms with Gasteiger partial charge >= 0.3 is 0 Å². The van der Waals surface area contributed by atoms with Gasteiger partial charge in [0, 0.05) is 38.8 Å². The van der Waals surface area contributed by atoms with Crippen LogP contribution >= 0.6 is 0 Å². The molecule has 2 heterocycles. The molecule has 2 aliphatic rings. The fraction of sp³-hybridized carbons (Fsp3) is 1.00. The third-order valence-corrected chi connectivity index (χ3v) is 3.34. The fourth-order valence-corrected chi connectivity index (χ4v) is 2.30. The van der Waals surface area contributed by atoms with Gasteiger partial charge in [0.1, 0.15) is 0 Å². The van der Waals surface area contributed by atoms with E-state index in [2.05, 4.69) is 23.6 Å². The minimum absolute atomic E-state index is 0.732. The Balaban J connectivity index is 0.000000659. The van der Waals surface area contributed by atoms with E-state index >= 15 is 0 Å². The maximum atomic E-state index is 5.34. The van der Waals surface area contributed by atoms with E-state index in [1.54, 1.807) is 0 Å². The minimum atomic E-state index is 0.732. The van der Waals surface area contributed by atoms with E-state index in [1.807, 2.05) is 27.7 Å². The van der Waals surface area contributed by atoms with Gasteiger partial charge in [-0.1, -0.05) is 27.7 Å². The summed E-state index contributed by atoms with van der Waals surface area (Å²) >= 11 is 0. The molecule has 0 aromatic rings. The van der Waals surface area contributed by atoms with Crippen molar-refractivity contribution in [2.75, 3.05) is 45.9 Å². The van der Waals surface area contributed by atoms with Crippen molar-refractivity contribution in [3.63, 3.8) is 0 Å². The highest BCUT2D eigenvalue weighted by Gasteiger charge is 2.29. The number of ether oxygens (including phenoxy) is 1. The number of nitrogens with zero attached hydrogens (tertiary/aromatic N) is 2. The van der Waals surface area contributed by atoms with Crippen LogP contribution in [-0.2, 0) is 4.74 Å². The van der Waals surface area contributed by atoms with Crippen molar-refractivity contribution in [3.8, 4) is 0 Å². The Morgan fingerprint density at radius 3 is 1.94 bits per heavy atom. The molecule has 0 amide bonds. The van der Waals surface area contributed by atoms with Gasteiger partial charge < -0.3 is 9.64 Å². The van der Waals surface area contributed by atoms with Gasteiger partial charge in [0.25, 0.3) is 0 Å². The van der Waals surface area contributed by atoms with Gasteiger partial charge in [-0.05, 0) is 19.8 Å². The summed E-state index contributed by atoms with van der Waals surface area (Å²) in [6.07, 6.45) is 0. The summed E-state index contributed by atoms with van der Waals surface area (Å²) in [6, 6.07) is 0.732. The van der Waals surface area contributed by atoms with Crippen LogP contribution in [0.2, 0.25) is 0 Å². The molecule has 0 N–H and O–H groups in total. The molecule has 2 rings (SSSR count). The van der Waals surface area contributed by atoms with Crippen LogP contribution in [0.5, 0.6) is 0 Å².